The number of hydrogen-bond donors (Lipinski definition) is 5. The SMILES string of the molecule is Cc1ncnn2c([C@@H]3O[C@H](COP(=O)(O)OP(=O)(O)OP(=O)(O)O)[C@@H](O)[C@@]3(C)F)ccc12. The first-order valence-corrected chi connectivity index (χ1v) is 13.1. The van der Waals surface area contributed by atoms with Gasteiger partial charge in [-0.05, 0) is 26.0 Å². The number of aliphatic hydroxyl groups is 1. The first-order valence-electron chi connectivity index (χ1n) is 8.62. The summed E-state index contributed by atoms with van der Waals surface area (Å²) in [5, 5.41) is 14.4. The maximum absolute atomic E-state index is 15.3. The van der Waals surface area contributed by atoms with Gasteiger partial charge < -0.3 is 29.4 Å². The number of fused-ring (bicyclic) bond motifs is 1. The molecule has 19 heteroatoms. The molecular formula is C13H19FN3O12P3. The first-order chi connectivity index (χ1) is 14.5. The smallest absolute Gasteiger partial charge is 0.387 e. The summed E-state index contributed by atoms with van der Waals surface area (Å²) in [6, 6.07) is 3.10. The lowest BCUT2D eigenvalue weighted by Gasteiger charge is -2.23. The molecule has 0 amide bonds. The molecule has 1 aliphatic rings. The second-order valence-corrected chi connectivity index (χ2v) is 11.4. The summed E-state index contributed by atoms with van der Waals surface area (Å²) in [5.41, 5.74) is -1.07. The molecule has 2 aromatic rings. The van der Waals surface area contributed by atoms with Gasteiger partial charge in [0, 0.05) is 0 Å². The van der Waals surface area contributed by atoms with Crippen molar-refractivity contribution in [3.05, 3.63) is 29.8 Å². The van der Waals surface area contributed by atoms with Crippen LogP contribution in [0.5, 0.6) is 0 Å². The van der Waals surface area contributed by atoms with Crippen molar-refractivity contribution in [2.45, 2.75) is 37.8 Å². The predicted molar refractivity (Wildman–Crippen MR) is 101 cm³/mol. The molecule has 3 heterocycles. The molecule has 5 N–H and O–H groups in total. The fourth-order valence-electron chi connectivity index (χ4n) is 3.14. The molecule has 1 aliphatic heterocycles. The molecule has 0 saturated carbocycles. The summed E-state index contributed by atoms with van der Waals surface area (Å²) in [6.07, 6.45) is -3.59. The zero-order chi connectivity index (χ0) is 24.1. The standard InChI is InChI=1S/C13H19FN3O12P3/c1-7-8-3-4-9(17(8)16-6-15-7)12-13(2,14)11(18)10(27-12)5-26-31(22,23)29-32(24,25)28-30(19,20)21/h3-4,6,10-12,18H,5H2,1-2H3,(H,22,23)(H,24,25)(H2,19,20,21)/t10-,11-,12+,13-/m1/s1. The van der Waals surface area contributed by atoms with Gasteiger partial charge in [0.1, 0.15) is 24.6 Å². The zero-order valence-electron chi connectivity index (χ0n) is 16.3. The van der Waals surface area contributed by atoms with E-state index in [0.29, 0.717) is 11.2 Å². The summed E-state index contributed by atoms with van der Waals surface area (Å²) in [4.78, 5) is 39.7. The Labute approximate surface area is 179 Å². The quantitative estimate of drug-likeness (QED) is 0.305. The number of halogens is 1. The third kappa shape index (κ3) is 5.50. The van der Waals surface area contributed by atoms with Gasteiger partial charge in [-0.15, -0.1) is 0 Å². The van der Waals surface area contributed by atoms with E-state index in [4.69, 9.17) is 19.4 Å². The molecule has 0 aromatic carbocycles. The van der Waals surface area contributed by atoms with E-state index in [1.54, 1.807) is 13.0 Å². The van der Waals surface area contributed by atoms with Crippen LogP contribution in [0.3, 0.4) is 0 Å². The lowest BCUT2D eigenvalue weighted by molar-refractivity contribution is -0.0243. The maximum Gasteiger partial charge on any atom is 0.490 e. The summed E-state index contributed by atoms with van der Waals surface area (Å²) < 4.78 is 67.7. The molecule has 0 radical (unpaired) electrons. The van der Waals surface area contributed by atoms with Gasteiger partial charge in [-0.25, -0.2) is 27.6 Å². The average molecular weight is 521 g/mol. The van der Waals surface area contributed by atoms with Gasteiger partial charge >= 0.3 is 23.5 Å². The van der Waals surface area contributed by atoms with Gasteiger partial charge in [-0.1, -0.05) is 0 Å². The van der Waals surface area contributed by atoms with Crippen LogP contribution in [-0.2, 0) is 31.6 Å². The van der Waals surface area contributed by atoms with Crippen molar-refractivity contribution in [3.63, 3.8) is 0 Å². The van der Waals surface area contributed by atoms with Crippen molar-refractivity contribution < 1.29 is 60.6 Å². The highest BCUT2D eigenvalue weighted by atomic mass is 31.3. The first kappa shape index (κ1) is 25.5. The lowest BCUT2D eigenvalue weighted by Crippen LogP contribution is -2.39. The molecule has 1 saturated heterocycles. The minimum absolute atomic E-state index is 0.204. The Kier molecular flexibility index (Phi) is 6.84. The van der Waals surface area contributed by atoms with E-state index in [1.165, 1.54) is 16.9 Å². The molecule has 3 rings (SSSR count). The van der Waals surface area contributed by atoms with Crippen LogP contribution in [0.1, 0.15) is 24.4 Å². The lowest BCUT2D eigenvalue weighted by atomic mass is 9.93. The van der Waals surface area contributed by atoms with Gasteiger partial charge in [-0.3, -0.25) is 4.52 Å². The van der Waals surface area contributed by atoms with Crippen LogP contribution < -0.4 is 0 Å². The number of phosphoric ester groups is 1. The Hall–Kier alpha value is -1.12. The van der Waals surface area contributed by atoms with Gasteiger partial charge in [0.15, 0.2) is 5.67 Å². The van der Waals surface area contributed by atoms with Crippen molar-refractivity contribution in [2.24, 2.45) is 0 Å². The summed E-state index contributed by atoms with van der Waals surface area (Å²) in [7, 11) is -16.7. The van der Waals surface area contributed by atoms with Gasteiger partial charge in [0.05, 0.1) is 23.5 Å². The van der Waals surface area contributed by atoms with E-state index in [9.17, 15) is 23.7 Å². The number of aromatic nitrogens is 3. The van der Waals surface area contributed by atoms with Crippen LogP contribution >= 0.6 is 23.5 Å². The van der Waals surface area contributed by atoms with E-state index >= 15 is 4.39 Å². The fourth-order valence-corrected chi connectivity index (χ4v) is 6.17. The van der Waals surface area contributed by atoms with Crippen LogP contribution in [0.4, 0.5) is 4.39 Å². The molecule has 2 unspecified atom stereocenters. The highest BCUT2D eigenvalue weighted by Gasteiger charge is 2.56. The highest BCUT2D eigenvalue weighted by molar-refractivity contribution is 7.66. The Morgan fingerprint density at radius 1 is 1.19 bits per heavy atom. The van der Waals surface area contributed by atoms with E-state index in [2.05, 4.69) is 23.2 Å². The third-order valence-electron chi connectivity index (χ3n) is 4.51. The molecule has 0 aliphatic carbocycles. The molecule has 15 nitrogen and oxygen atoms in total. The third-order valence-corrected chi connectivity index (χ3v) is 8.32. The molecular weight excluding hydrogens is 502 g/mol. The normalized spacial score (nSPS) is 30.3. The second kappa shape index (κ2) is 8.58. The van der Waals surface area contributed by atoms with Crippen LogP contribution in [0.2, 0.25) is 0 Å². The molecule has 1 fully saturated rings. The number of aryl methyl sites for hydroxylation is 1. The molecule has 0 spiro atoms. The van der Waals surface area contributed by atoms with Crippen LogP contribution in [0.25, 0.3) is 5.52 Å². The van der Waals surface area contributed by atoms with Crippen molar-refractivity contribution in [1.29, 1.82) is 0 Å². The Morgan fingerprint density at radius 3 is 2.47 bits per heavy atom. The summed E-state index contributed by atoms with van der Waals surface area (Å²) in [5.74, 6) is 0. The van der Waals surface area contributed by atoms with Crippen LogP contribution in [0.15, 0.2) is 18.5 Å². The van der Waals surface area contributed by atoms with Crippen molar-refractivity contribution in [3.8, 4) is 0 Å². The van der Waals surface area contributed by atoms with E-state index < -0.39 is 54.1 Å². The van der Waals surface area contributed by atoms with E-state index in [1.807, 2.05) is 0 Å². The number of ether oxygens (including phenoxy) is 1. The predicted octanol–water partition coefficient (Wildman–Crippen LogP) is 0.910. The van der Waals surface area contributed by atoms with E-state index in [0.717, 1.165) is 6.92 Å². The number of alkyl halides is 1. The zero-order valence-corrected chi connectivity index (χ0v) is 19.0. The Balaban J connectivity index is 1.74. The highest BCUT2D eigenvalue weighted by Crippen LogP contribution is 2.66. The van der Waals surface area contributed by atoms with Gasteiger partial charge in [-0.2, -0.15) is 13.7 Å². The van der Waals surface area contributed by atoms with Gasteiger partial charge in [0.25, 0.3) is 0 Å². The number of phosphoric acid groups is 3. The molecule has 180 valence electrons. The van der Waals surface area contributed by atoms with Crippen LogP contribution in [-0.4, -0.2) is 63.8 Å². The van der Waals surface area contributed by atoms with Crippen LogP contribution in [0, 0.1) is 6.92 Å². The number of aliphatic hydroxyl groups excluding tert-OH is 1. The second-order valence-electron chi connectivity index (χ2n) is 6.94. The average Bonchev–Trinajstić information content (AvgIpc) is 3.11. The van der Waals surface area contributed by atoms with Crippen molar-refractivity contribution in [1.82, 2.24) is 14.6 Å². The molecule has 6 atom stereocenters. The Morgan fingerprint density at radius 2 is 1.84 bits per heavy atom. The molecule has 0 bridgehead atoms. The fraction of sp³-hybridized carbons (Fsp3) is 0.538. The minimum atomic E-state index is -5.72. The summed E-state index contributed by atoms with van der Waals surface area (Å²) in [6.45, 7) is 1.73. The topological polar surface area (TPSA) is 219 Å². The van der Waals surface area contributed by atoms with Crippen molar-refractivity contribution in [2.75, 3.05) is 6.61 Å². The molecule has 32 heavy (non-hydrogen) atoms. The number of hydrogen-bond acceptors (Lipinski definition) is 10. The van der Waals surface area contributed by atoms with Crippen molar-refractivity contribution >= 4 is 29.0 Å². The number of nitrogens with zero attached hydrogens (tertiary/aromatic N) is 3. The molecule has 2 aromatic heterocycles. The largest absolute Gasteiger partial charge is 0.490 e. The van der Waals surface area contributed by atoms with Gasteiger partial charge in [0.2, 0.25) is 0 Å². The monoisotopic (exact) mass is 521 g/mol. The van der Waals surface area contributed by atoms with E-state index in [-0.39, 0.29) is 5.69 Å². The maximum atomic E-state index is 15.3. The minimum Gasteiger partial charge on any atom is -0.387 e. The summed E-state index contributed by atoms with van der Waals surface area (Å²) >= 11 is 0. The Bertz CT molecular complexity index is 1150. The number of rotatable bonds is 8.